The maximum atomic E-state index is 13.8. The minimum absolute atomic E-state index is 0.00466. The number of rotatable bonds is 13. The van der Waals surface area contributed by atoms with Gasteiger partial charge in [-0.2, -0.15) is 0 Å². The number of ketones is 1. The number of hydrogen-bond acceptors (Lipinski definition) is 6. The third kappa shape index (κ3) is 9.09. The van der Waals surface area contributed by atoms with Gasteiger partial charge in [0.1, 0.15) is 11.6 Å². The predicted octanol–water partition coefficient (Wildman–Crippen LogP) is 4.53. The van der Waals surface area contributed by atoms with Gasteiger partial charge >= 0.3 is 0 Å². The quantitative estimate of drug-likeness (QED) is 0.263. The van der Waals surface area contributed by atoms with E-state index >= 15 is 0 Å². The number of nitrogens with one attached hydrogen (secondary N) is 2. The van der Waals surface area contributed by atoms with Crippen molar-refractivity contribution in [3.63, 3.8) is 0 Å². The molecular formula is C32H36F2N2O5. The average Bonchev–Trinajstić information content (AvgIpc) is 3.20. The van der Waals surface area contributed by atoms with Crippen molar-refractivity contribution in [3.8, 4) is 11.5 Å². The minimum Gasteiger partial charge on any atom is -0.490 e. The monoisotopic (exact) mass is 566 g/mol. The molecule has 3 aromatic rings. The van der Waals surface area contributed by atoms with Gasteiger partial charge in [-0.1, -0.05) is 31.2 Å². The summed E-state index contributed by atoms with van der Waals surface area (Å²) in [7, 11) is 0. The zero-order valence-corrected chi connectivity index (χ0v) is 23.1. The van der Waals surface area contributed by atoms with Crippen LogP contribution in [0.15, 0.2) is 60.7 Å². The second kappa shape index (κ2) is 14.7. The number of aryl methyl sites for hydroxylation is 1. The Hall–Kier alpha value is -3.82. The molecule has 9 heteroatoms. The van der Waals surface area contributed by atoms with Crippen molar-refractivity contribution in [2.75, 3.05) is 19.8 Å². The van der Waals surface area contributed by atoms with Crippen LogP contribution in [0.25, 0.3) is 0 Å². The highest BCUT2D eigenvalue weighted by Crippen LogP contribution is 2.30. The van der Waals surface area contributed by atoms with Crippen LogP contribution in [0.4, 0.5) is 8.78 Å². The molecule has 1 heterocycles. The summed E-state index contributed by atoms with van der Waals surface area (Å²) >= 11 is 0. The van der Waals surface area contributed by atoms with E-state index in [4.69, 9.17) is 9.47 Å². The maximum absolute atomic E-state index is 13.8. The second-order valence-corrected chi connectivity index (χ2v) is 10.2. The first kappa shape index (κ1) is 30.1. The van der Waals surface area contributed by atoms with Gasteiger partial charge < -0.3 is 25.2 Å². The van der Waals surface area contributed by atoms with E-state index in [2.05, 4.69) is 23.6 Å². The number of aliphatic hydroxyl groups excluding tert-OH is 1. The molecule has 0 aliphatic carbocycles. The molecule has 0 radical (unpaired) electrons. The average molecular weight is 567 g/mol. The lowest BCUT2D eigenvalue weighted by Gasteiger charge is -2.25. The van der Waals surface area contributed by atoms with Crippen LogP contribution in [0.2, 0.25) is 0 Å². The topological polar surface area (TPSA) is 96.9 Å². The fraction of sp³-hybridized carbons (Fsp3) is 0.375. The first-order valence-electron chi connectivity index (χ1n) is 13.9. The lowest BCUT2D eigenvalue weighted by atomic mass is 9.99. The highest BCUT2D eigenvalue weighted by Gasteiger charge is 2.23. The Bertz CT molecular complexity index is 1330. The third-order valence-electron chi connectivity index (χ3n) is 6.92. The molecule has 0 unspecified atom stereocenters. The summed E-state index contributed by atoms with van der Waals surface area (Å²) in [5, 5.41) is 16.9. The van der Waals surface area contributed by atoms with Crippen LogP contribution in [0.3, 0.4) is 0 Å². The van der Waals surface area contributed by atoms with Crippen LogP contribution in [0, 0.1) is 11.6 Å². The number of aliphatic hydroxyl groups is 1. The van der Waals surface area contributed by atoms with Gasteiger partial charge in [0, 0.05) is 44.0 Å². The molecule has 1 aliphatic heterocycles. The lowest BCUT2D eigenvalue weighted by molar-refractivity contribution is -0.122. The molecular weight excluding hydrogens is 530 g/mol. The zero-order chi connectivity index (χ0) is 29.2. The summed E-state index contributed by atoms with van der Waals surface area (Å²) in [6.45, 7) is 3.74. The standard InChI is InChI=1S/C32H36F2N2O5/c1-2-21-5-3-6-22(13-21)19-35-20-29(38)27(16-23-14-25(33)18-26(34)15-23)36-32(39)10-8-28(37)24-7-9-30-31(17-24)41-12-4-11-40-30/h3,5-7,9,13-15,17-18,27,29,35,38H,2,4,8,10-12,16,19-20H2,1H3,(H,36,39)/t27-,29-/m0/s1. The highest BCUT2D eigenvalue weighted by molar-refractivity contribution is 5.98. The Labute approximate surface area is 238 Å². The van der Waals surface area contributed by atoms with Crippen molar-refractivity contribution in [2.24, 2.45) is 0 Å². The molecule has 1 aliphatic rings. The zero-order valence-electron chi connectivity index (χ0n) is 23.1. The normalized spacial score (nSPS) is 14.1. The first-order chi connectivity index (χ1) is 19.8. The van der Waals surface area contributed by atoms with Gasteiger partial charge in [-0.25, -0.2) is 8.78 Å². The van der Waals surface area contributed by atoms with Gasteiger partial charge in [-0.3, -0.25) is 9.59 Å². The van der Waals surface area contributed by atoms with Gasteiger partial charge in [0.2, 0.25) is 5.91 Å². The first-order valence-corrected chi connectivity index (χ1v) is 13.9. The molecule has 3 aromatic carbocycles. The van der Waals surface area contributed by atoms with Crippen LogP contribution in [0.1, 0.15) is 53.2 Å². The summed E-state index contributed by atoms with van der Waals surface area (Å²) in [5.74, 6) is -1.10. The summed E-state index contributed by atoms with van der Waals surface area (Å²) in [6, 6.07) is 15.3. The van der Waals surface area contributed by atoms with Gasteiger partial charge in [-0.05, 0) is 59.9 Å². The summed E-state index contributed by atoms with van der Waals surface area (Å²) < 4.78 is 38.9. The molecule has 0 saturated carbocycles. The number of fused-ring (bicyclic) bond motifs is 1. The fourth-order valence-electron chi connectivity index (χ4n) is 4.72. The lowest BCUT2D eigenvalue weighted by Crippen LogP contribution is -2.48. The van der Waals surface area contributed by atoms with Crippen molar-refractivity contribution < 1.29 is 33.0 Å². The second-order valence-electron chi connectivity index (χ2n) is 10.2. The van der Waals surface area contributed by atoms with Gasteiger partial charge in [0.05, 0.1) is 25.4 Å². The summed E-state index contributed by atoms with van der Waals surface area (Å²) in [6.07, 6.45) is 0.420. The molecule has 0 bridgehead atoms. The molecule has 7 nitrogen and oxygen atoms in total. The number of carbonyl (C=O) groups excluding carboxylic acids is 2. The van der Waals surface area contributed by atoms with E-state index in [1.165, 1.54) is 17.7 Å². The summed E-state index contributed by atoms with van der Waals surface area (Å²) in [5.41, 5.74) is 2.96. The van der Waals surface area contributed by atoms with E-state index in [0.717, 1.165) is 24.5 Å². The molecule has 218 valence electrons. The number of halogens is 2. The molecule has 41 heavy (non-hydrogen) atoms. The van der Waals surface area contributed by atoms with Crippen molar-refractivity contribution in [2.45, 2.75) is 57.7 Å². The Balaban J connectivity index is 1.36. The molecule has 0 aromatic heterocycles. The Morgan fingerprint density at radius 3 is 2.39 bits per heavy atom. The van der Waals surface area contributed by atoms with Crippen LogP contribution in [-0.4, -0.2) is 48.7 Å². The minimum atomic E-state index is -1.06. The molecule has 4 rings (SSSR count). The van der Waals surface area contributed by atoms with Crippen molar-refractivity contribution >= 4 is 11.7 Å². The van der Waals surface area contributed by atoms with Crippen LogP contribution in [-0.2, 0) is 24.2 Å². The molecule has 2 atom stereocenters. The van der Waals surface area contributed by atoms with Crippen molar-refractivity contribution in [1.82, 2.24) is 10.6 Å². The van der Waals surface area contributed by atoms with Crippen LogP contribution in [0.5, 0.6) is 11.5 Å². The Kier molecular flexibility index (Phi) is 10.8. The number of Topliss-reactive ketones (excluding diaryl/α,β-unsaturated/α-hetero) is 1. The van der Waals surface area contributed by atoms with Gasteiger partial charge in [0.25, 0.3) is 0 Å². The summed E-state index contributed by atoms with van der Waals surface area (Å²) in [4.78, 5) is 25.7. The number of ether oxygens (including phenoxy) is 2. The Morgan fingerprint density at radius 1 is 0.902 bits per heavy atom. The predicted molar refractivity (Wildman–Crippen MR) is 151 cm³/mol. The van der Waals surface area contributed by atoms with Gasteiger partial charge in [-0.15, -0.1) is 0 Å². The maximum Gasteiger partial charge on any atom is 0.220 e. The van der Waals surface area contributed by atoms with Crippen molar-refractivity contribution in [1.29, 1.82) is 0 Å². The fourth-order valence-corrected chi connectivity index (χ4v) is 4.72. The van der Waals surface area contributed by atoms with E-state index in [9.17, 15) is 23.5 Å². The highest BCUT2D eigenvalue weighted by atomic mass is 19.1. The SMILES string of the molecule is CCc1cccc(CNC[C@H](O)[C@H](Cc2cc(F)cc(F)c2)NC(=O)CCC(=O)c2ccc3c(c2)OCCCO3)c1. The van der Waals surface area contributed by atoms with E-state index in [0.29, 0.717) is 42.4 Å². The number of benzene rings is 3. The van der Waals surface area contributed by atoms with E-state index in [-0.39, 0.29) is 31.6 Å². The molecule has 1 amide bonds. The van der Waals surface area contributed by atoms with E-state index in [1.807, 2.05) is 18.2 Å². The molecule has 3 N–H and O–H groups in total. The number of carbonyl (C=O) groups is 2. The third-order valence-corrected chi connectivity index (χ3v) is 6.92. The van der Waals surface area contributed by atoms with Crippen molar-refractivity contribution in [3.05, 3.63) is 94.6 Å². The van der Waals surface area contributed by atoms with E-state index < -0.39 is 29.7 Å². The number of amides is 1. The Morgan fingerprint density at radius 2 is 1.63 bits per heavy atom. The van der Waals surface area contributed by atoms with Gasteiger partial charge in [0.15, 0.2) is 17.3 Å². The largest absolute Gasteiger partial charge is 0.490 e. The van der Waals surface area contributed by atoms with E-state index in [1.54, 1.807) is 18.2 Å². The van der Waals surface area contributed by atoms with Crippen LogP contribution >= 0.6 is 0 Å². The molecule has 0 saturated heterocycles. The smallest absolute Gasteiger partial charge is 0.220 e. The van der Waals surface area contributed by atoms with Crippen LogP contribution < -0.4 is 20.1 Å². The number of hydrogen-bond donors (Lipinski definition) is 3. The molecule has 0 fully saturated rings. The molecule has 0 spiro atoms.